The minimum atomic E-state index is 0.162. The van der Waals surface area contributed by atoms with Gasteiger partial charge in [-0.3, -0.25) is 0 Å². The summed E-state index contributed by atoms with van der Waals surface area (Å²) < 4.78 is 5.20. The second kappa shape index (κ2) is 4.74. The summed E-state index contributed by atoms with van der Waals surface area (Å²) in [4.78, 5) is 4.29. The van der Waals surface area contributed by atoms with Crippen LogP contribution in [0.5, 0.6) is 5.75 Å². The Balaban J connectivity index is 1.97. The molecule has 0 spiro atoms. The average Bonchev–Trinajstić information content (AvgIpc) is 2.89. The molecule has 0 bridgehead atoms. The molecule has 5 heteroatoms. The van der Waals surface area contributed by atoms with Gasteiger partial charge in [-0.25, -0.2) is 0 Å². The Morgan fingerprint density at radius 3 is 2.53 bits per heavy atom. The first-order valence-corrected chi connectivity index (χ1v) is 5.99. The minimum absolute atomic E-state index is 0.162. The van der Waals surface area contributed by atoms with Crippen LogP contribution in [0.1, 0.15) is 0 Å². The zero-order valence-electron chi connectivity index (χ0n) is 9.75. The summed E-state index contributed by atoms with van der Waals surface area (Å²) in [7, 11) is 0. The van der Waals surface area contributed by atoms with Gasteiger partial charge in [0.15, 0.2) is 0 Å². The molecule has 0 radical (unpaired) electrons. The summed E-state index contributed by atoms with van der Waals surface area (Å²) in [5.41, 5.74) is 1.49. The van der Waals surface area contributed by atoms with Crippen LogP contribution < -0.4 is 0 Å². The SMILES string of the molecule is Oc1cccc(-c2noc(-c3ccc(Cl)cc3)n2)c1. The summed E-state index contributed by atoms with van der Waals surface area (Å²) in [6.45, 7) is 0. The van der Waals surface area contributed by atoms with Gasteiger partial charge in [0.25, 0.3) is 5.89 Å². The van der Waals surface area contributed by atoms with Crippen molar-refractivity contribution in [3.63, 3.8) is 0 Å². The number of benzene rings is 2. The monoisotopic (exact) mass is 272 g/mol. The Labute approximate surface area is 114 Å². The maximum absolute atomic E-state index is 9.43. The van der Waals surface area contributed by atoms with Crippen molar-refractivity contribution in [3.8, 4) is 28.6 Å². The molecule has 4 nitrogen and oxygen atoms in total. The lowest BCUT2D eigenvalue weighted by molar-refractivity contribution is 0.432. The fraction of sp³-hybridized carbons (Fsp3) is 0. The molecule has 0 aliphatic heterocycles. The van der Waals surface area contributed by atoms with Gasteiger partial charge in [0.05, 0.1) is 0 Å². The van der Waals surface area contributed by atoms with E-state index in [-0.39, 0.29) is 5.75 Å². The van der Waals surface area contributed by atoms with E-state index in [2.05, 4.69) is 10.1 Å². The highest BCUT2D eigenvalue weighted by Crippen LogP contribution is 2.25. The van der Waals surface area contributed by atoms with Crippen LogP contribution in [0, 0.1) is 0 Å². The molecule has 1 N–H and O–H groups in total. The zero-order chi connectivity index (χ0) is 13.2. The predicted molar refractivity (Wildman–Crippen MR) is 71.8 cm³/mol. The van der Waals surface area contributed by atoms with Crippen molar-refractivity contribution in [1.82, 2.24) is 10.1 Å². The van der Waals surface area contributed by atoms with Gasteiger partial charge in [0, 0.05) is 16.1 Å². The number of nitrogens with zero attached hydrogens (tertiary/aromatic N) is 2. The molecule has 0 fully saturated rings. The maximum atomic E-state index is 9.43. The Kier molecular flexibility index (Phi) is 2.93. The first-order chi connectivity index (χ1) is 9.22. The number of rotatable bonds is 2. The molecule has 0 saturated carbocycles. The van der Waals surface area contributed by atoms with E-state index in [0.29, 0.717) is 22.3 Å². The van der Waals surface area contributed by atoms with Gasteiger partial charge in [-0.05, 0) is 36.4 Å². The van der Waals surface area contributed by atoms with Crippen LogP contribution in [-0.2, 0) is 0 Å². The van der Waals surface area contributed by atoms with Crippen LogP contribution in [0.25, 0.3) is 22.8 Å². The first kappa shape index (κ1) is 11.7. The number of hydrogen-bond acceptors (Lipinski definition) is 4. The van der Waals surface area contributed by atoms with E-state index in [0.717, 1.165) is 5.56 Å². The fourth-order valence-corrected chi connectivity index (χ4v) is 1.82. The molecule has 0 unspecified atom stereocenters. The van der Waals surface area contributed by atoms with Crippen LogP contribution in [0.3, 0.4) is 0 Å². The van der Waals surface area contributed by atoms with E-state index >= 15 is 0 Å². The Bertz CT molecular complexity index is 707. The summed E-state index contributed by atoms with van der Waals surface area (Å²) in [6.07, 6.45) is 0. The van der Waals surface area contributed by atoms with Gasteiger partial charge >= 0.3 is 0 Å². The van der Waals surface area contributed by atoms with E-state index in [1.165, 1.54) is 0 Å². The van der Waals surface area contributed by atoms with E-state index in [1.807, 2.05) is 12.1 Å². The molecular formula is C14H9ClN2O2. The molecule has 0 atom stereocenters. The van der Waals surface area contributed by atoms with Gasteiger partial charge in [0.2, 0.25) is 5.82 Å². The van der Waals surface area contributed by atoms with Gasteiger partial charge < -0.3 is 9.63 Å². The molecule has 0 amide bonds. The van der Waals surface area contributed by atoms with Crippen molar-refractivity contribution < 1.29 is 9.63 Å². The molecule has 2 aromatic carbocycles. The topological polar surface area (TPSA) is 59.2 Å². The van der Waals surface area contributed by atoms with Gasteiger partial charge in [-0.2, -0.15) is 4.98 Å². The van der Waals surface area contributed by atoms with Gasteiger partial charge in [-0.1, -0.05) is 28.9 Å². The lowest BCUT2D eigenvalue weighted by Gasteiger charge is -1.95. The van der Waals surface area contributed by atoms with Crippen LogP contribution in [0.4, 0.5) is 0 Å². The smallest absolute Gasteiger partial charge is 0.258 e. The number of aromatic nitrogens is 2. The first-order valence-electron chi connectivity index (χ1n) is 5.61. The summed E-state index contributed by atoms with van der Waals surface area (Å²) in [5, 5.41) is 14.0. The number of phenols is 1. The summed E-state index contributed by atoms with van der Waals surface area (Å²) in [5.74, 6) is 1.01. The van der Waals surface area contributed by atoms with E-state index < -0.39 is 0 Å². The highest BCUT2D eigenvalue weighted by atomic mass is 35.5. The Hall–Kier alpha value is -2.33. The largest absolute Gasteiger partial charge is 0.508 e. The Morgan fingerprint density at radius 1 is 1.00 bits per heavy atom. The number of hydrogen-bond donors (Lipinski definition) is 1. The molecule has 3 aromatic rings. The molecule has 94 valence electrons. The molecule has 0 aliphatic rings. The summed E-state index contributed by atoms with van der Waals surface area (Å²) in [6, 6.07) is 13.8. The minimum Gasteiger partial charge on any atom is -0.508 e. The zero-order valence-corrected chi connectivity index (χ0v) is 10.5. The van der Waals surface area contributed by atoms with Crippen molar-refractivity contribution in [2.45, 2.75) is 0 Å². The van der Waals surface area contributed by atoms with E-state index in [4.69, 9.17) is 16.1 Å². The van der Waals surface area contributed by atoms with Crippen molar-refractivity contribution >= 4 is 11.6 Å². The van der Waals surface area contributed by atoms with Crippen LogP contribution in [-0.4, -0.2) is 15.2 Å². The van der Waals surface area contributed by atoms with Gasteiger partial charge in [-0.15, -0.1) is 0 Å². The van der Waals surface area contributed by atoms with Crippen LogP contribution in [0.2, 0.25) is 5.02 Å². The van der Waals surface area contributed by atoms with Crippen molar-refractivity contribution in [3.05, 3.63) is 53.6 Å². The van der Waals surface area contributed by atoms with Crippen molar-refractivity contribution in [2.75, 3.05) is 0 Å². The van der Waals surface area contributed by atoms with Crippen LogP contribution >= 0.6 is 11.6 Å². The lowest BCUT2D eigenvalue weighted by atomic mass is 10.2. The van der Waals surface area contributed by atoms with E-state index in [1.54, 1.807) is 36.4 Å². The normalized spacial score (nSPS) is 10.6. The highest BCUT2D eigenvalue weighted by molar-refractivity contribution is 6.30. The fourth-order valence-electron chi connectivity index (χ4n) is 1.70. The summed E-state index contributed by atoms with van der Waals surface area (Å²) >= 11 is 5.82. The molecule has 1 aromatic heterocycles. The number of phenolic OH excluding ortho intramolecular Hbond substituents is 1. The Morgan fingerprint density at radius 2 is 1.79 bits per heavy atom. The van der Waals surface area contributed by atoms with Crippen molar-refractivity contribution in [2.24, 2.45) is 0 Å². The highest BCUT2D eigenvalue weighted by Gasteiger charge is 2.10. The third-order valence-electron chi connectivity index (χ3n) is 2.62. The second-order valence-electron chi connectivity index (χ2n) is 3.98. The van der Waals surface area contributed by atoms with Crippen molar-refractivity contribution in [1.29, 1.82) is 0 Å². The number of aromatic hydroxyl groups is 1. The molecule has 3 rings (SSSR count). The second-order valence-corrected chi connectivity index (χ2v) is 4.42. The molecule has 19 heavy (non-hydrogen) atoms. The molecule has 0 saturated heterocycles. The standard InChI is InChI=1S/C14H9ClN2O2/c15-11-6-4-9(5-7-11)14-16-13(17-19-14)10-2-1-3-12(18)8-10/h1-8,18H. The lowest BCUT2D eigenvalue weighted by Crippen LogP contribution is -1.81. The quantitative estimate of drug-likeness (QED) is 0.771. The third kappa shape index (κ3) is 2.44. The average molecular weight is 273 g/mol. The number of halogens is 1. The van der Waals surface area contributed by atoms with Crippen LogP contribution in [0.15, 0.2) is 53.1 Å². The van der Waals surface area contributed by atoms with Gasteiger partial charge in [0.1, 0.15) is 5.75 Å². The maximum Gasteiger partial charge on any atom is 0.258 e. The molecule has 0 aliphatic carbocycles. The molecular weight excluding hydrogens is 264 g/mol. The predicted octanol–water partition coefficient (Wildman–Crippen LogP) is 3.76. The third-order valence-corrected chi connectivity index (χ3v) is 2.87. The van der Waals surface area contributed by atoms with E-state index in [9.17, 15) is 5.11 Å². The molecule has 1 heterocycles.